The van der Waals surface area contributed by atoms with Crippen molar-refractivity contribution in [3.05, 3.63) is 89.5 Å². The van der Waals surface area contributed by atoms with Gasteiger partial charge in [0.15, 0.2) is 0 Å². The third-order valence-electron chi connectivity index (χ3n) is 5.12. The van der Waals surface area contributed by atoms with E-state index in [9.17, 15) is 4.79 Å². The molecule has 0 spiro atoms. The molecule has 3 aromatic carbocycles. The molecule has 0 aliphatic carbocycles. The minimum atomic E-state index is -0.306. The number of carbonyl (C=O) groups excluding carboxylic acids is 1. The maximum Gasteiger partial charge on any atom is 0.338 e. The fourth-order valence-electron chi connectivity index (χ4n) is 3.45. The molecule has 0 aliphatic rings. The van der Waals surface area contributed by atoms with E-state index in [2.05, 4.69) is 41.7 Å². The van der Waals surface area contributed by atoms with Gasteiger partial charge in [0.25, 0.3) is 0 Å². The quantitative estimate of drug-likeness (QED) is 0.366. The number of methoxy groups -OCH3 is 2. The van der Waals surface area contributed by atoms with Gasteiger partial charge in [-0.2, -0.15) is 0 Å². The first-order valence-electron chi connectivity index (χ1n) is 11.4. The first kappa shape index (κ1) is 25.8. The van der Waals surface area contributed by atoms with Crippen molar-refractivity contribution in [3.63, 3.8) is 0 Å². The lowest BCUT2D eigenvalue weighted by atomic mass is 9.91. The summed E-state index contributed by atoms with van der Waals surface area (Å²) in [6.07, 6.45) is 0.866. The highest BCUT2D eigenvalue weighted by molar-refractivity contribution is 5.89. The van der Waals surface area contributed by atoms with Crippen LogP contribution in [0.2, 0.25) is 0 Å². The summed E-state index contributed by atoms with van der Waals surface area (Å²) in [6.45, 7) is 6.88. The number of anilines is 1. The number of nitrogens with one attached hydrogen (secondary N) is 1. The van der Waals surface area contributed by atoms with Crippen LogP contribution in [0.5, 0.6) is 11.5 Å². The minimum absolute atomic E-state index is 0.191. The molecule has 1 unspecified atom stereocenters. The first-order valence-corrected chi connectivity index (χ1v) is 11.4. The molecule has 176 valence electrons. The highest BCUT2D eigenvalue weighted by Crippen LogP contribution is 2.30. The number of ether oxygens (including phenoxy) is 3. The maximum atomic E-state index is 11.9. The topological polar surface area (TPSA) is 56.8 Å². The number of hydrogen-bond donors (Lipinski definition) is 1. The monoisotopic (exact) mass is 449 g/mol. The van der Waals surface area contributed by atoms with Crippen LogP contribution in [-0.2, 0) is 11.2 Å². The van der Waals surface area contributed by atoms with E-state index in [1.165, 1.54) is 5.56 Å². The Labute approximate surface area is 197 Å². The average molecular weight is 450 g/mol. The second kappa shape index (κ2) is 13.8. The van der Waals surface area contributed by atoms with Crippen molar-refractivity contribution >= 4 is 11.7 Å². The van der Waals surface area contributed by atoms with Gasteiger partial charge in [0.05, 0.1) is 26.4 Å². The number of hydrogen-bond acceptors (Lipinski definition) is 5. The second-order valence-electron chi connectivity index (χ2n) is 7.21. The van der Waals surface area contributed by atoms with E-state index in [1.54, 1.807) is 33.3 Å². The van der Waals surface area contributed by atoms with E-state index in [0.29, 0.717) is 18.7 Å². The van der Waals surface area contributed by atoms with Crippen LogP contribution in [0.1, 0.15) is 48.2 Å². The summed E-state index contributed by atoms with van der Waals surface area (Å²) in [5.41, 5.74) is 3.89. The van der Waals surface area contributed by atoms with Gasteiger partial charge in [-0.1, -0.05) is 44.2 Å². The molecule has 0 bridgehead atoms. The predicted octanol–water partition coefficient (Wildman–Crippen LogP) is 6.35. The molecule has 3 rings (SSSR count). The Bertz CT molecular complexity index is 949. The van der Waals surface area contributed by atoms with Crippen LogP contribution in [0.25, 0.3) is 0 Å². The Morgan fingerprint density at radius 2 is 1.48 bits per heavy atom. The van der Waals surface area contributed by atoms with Gasteiger partial charge in [-0.05, 0) is 60.9 Å². The van der Waals surface area contributed by atoms with E-state index in [-0.39, 0.29) is 11.9 Å². The normalized spacial score (nSPS) is 10.9. The summed E-state index contributed by atoms with van der Waals surface area (Å²) in [4.78, 5) is 11.9. The van der Waals surface area contributed by atoms with Crippen LogP contribution >= 0.6 is 0 Å². The van der Waals surface area contributed by atoms with Crippen LogP contribution in [0.15, 0.2) is 72.8 Å². The smallest absolute Gasteiger partial charge is 0.338 e. The molecule has 0 aromatic heterocycles. The Kier molecular flexibility index (Phi) is 10.8. The van der Waals surface area contributed by atoms with Gasteiger partial charge < -0.3 is 19.5 Å². The molecule has 1 atom stereocenters. The fourth-order valence-corrected chi connectivity index (χ4v) is 3.45. The van der Waals surface area contributed by atoms with Crippen LogP contribution in [0.4, 0.5) is 5.69 Å². The SMILES string of the molecule is CC.CCOC(=O)c1ccc(NCC(Cc2ccccc2)c2cc(OC)cc(OC)c2)cc1. The Morgan fingerprint density at radius 1 is 0.879 bits per heavy atom. The van der Waals surface area contributed by atoms with Crippen molar-refractivity contribution in [1.29, 1.82) is 0 Å². The molecule has 0 fully saturated rings. The van der Waals surface area contributed by atoms with Gasteiger partial charge in [0.1, 0.15) is 11.5 Å². The molecule has 0 saturated carbocycles. The maximum absolute atomic E-state index is 11.9. The van der Waals surface area contributed by atoms with Crippen LogP contribution < -0.4 is 14.8 Å². The fraction of sp³-hybridized carbons (Fsp3) is 0.321. The van der Waals surface area contributed by atoms with Gasteiger partial charge in [-0.3, -0.25) is 0 Å². The standard InChI is InChI=1S/C26H29NO4.C2H6/c1-4-31-26(28)20-10-12-23(13-11-20)27-18-22(14-19-8-6-5-7-9-19)21-15-24(29-2)17-25(16-21)30-3;1-2/h5-13,15-17,22,27H,4,14,18H2,1-3H3;1-2H3. The minimum Gasteiger partial charge on any atom is -0.497 e. The largest absolute Gasteiger partial charge is 0.497 e. The van der Waals surface area contributed by atoms with Crippen LogP contribution in [-0.4, -0.2) is 33.3 Å². The predicted molar refractivity (Wildman–Crippen MR) is 135 cm³/mol. The molecule has 0 radical (unpaired) electrons. The zero-order valence-electron chi connectivity index (χ0n) is 20.3. The highest BCUT2D eigenvalue weighted by Gasteiger charge is 2.16. The Morgan fingerprint density at radius 3 is 2.03 bits per heavy atom. The lowest BCUT2D eigenvalue weighted by Crippen LogP contribution is -2.16. The lowest BCUT2D eigenvalue weighted by molar-refractivity contribution is 0.0526. The summed E-state index contributed by atoms with van der Waals surface area (Å²) in [5, 5.41) is 3.50. The van der Waals surface area contributed by atoms with E-state index < -0.39 is 0 Å². The highest BCUT2D eigenvalue weighted by atomic mass is 16.5. The molecule has 0 saturated heterocycles. The molecular formula is C28H35NO4. The number of esters is 1. The van der Waals surface area contributed by atoms with E-state index in [4.69, 9.17) is 14.2 Å². The van der Waals surface area contributed by atoms with Crippen molar-refractivity contribution in [2.75, 3.05) is 32.7 Å². The molecule has 0 aliphatic heterocycles. The molecule has 5 nitrogen and oxygen atoms in total. The molecule has 33 heavy (non-hydrogen) atoms. The summed E-state index contributed by atoms with van der Waals surface area (Å²) in [7, 11) is 3.32. The average Bonchev–Trinajstić information content (AvgIpc) is 2.88. The van der Waals surface area contributed by atoms with Crippen molar-refractivity contribution in [2.45, 2.75) is 33.1 Å². The third-order valence-corrected chi connectivity index (χ3v) is 5.12. The summed E-state index contributed by atoms with van der Waals surface area (Å²) >= 11 is 0. The summed E-state index contributed by atoms with van der Waals surface area (Å²) < 4.78 is 16.0. The van der Waals surface area contributed by atoms with E-state index in [1.807, 2.05) is 38.1 Å². The van der Waals surface area contributed by atoms with Gasteiger partial charge in [0, 0.05) is 24.2 Å². The summed E-state index contributed by atoms with van der Waals surface area (Å²) in [5.74, 6) is 1.42. The zero-order chi connectivity index (χ0) is 24.1. The van der Waals surface area contributed by atoms with Crippen molar-refractivity contribution < 1.29 is 19.0 Å². The van der Waals surface area contributed by atoms with Crippen molar-refractivity contribution in [3.8, 4) is 11.5 Å². The van der Waals surface area contributed by atoms with Gasteiger partial charge in [-0.15, -0.1) is 0 Å². The zero-order valence-corrected chi connectivity index (χ0v) is 20.3. The number of rotatable bonds is 10. The van der Waals surface area contributed by atoms with Gasteiger partial charge in [-0.25, -0.2) is 4.79 Å². The van der Waals surface area contributed by atoms with Gasteiger partial charge in [0.2, 0.25) is 0 Å². The van der Waals surface area contributed by atoms with E-state index >= 15 is 0 Å². The molecular weight excluding hydrogens is 414 g/mol. The Hall–Kier alpha value is -3.47. The molecule has 0 amide bonds. The molecule has 5 heteroatoms. The van der Waals surface area contributed by atoms with Crippen molar-refractivity contribution in [2.24, 2.45) is 0 Å². The second-order valence-corrected chi connectivity index (χ2v) is 7.21. The van der Waals surface area contributed by atoms with Gasteiger partial charge >= 0.3 is 5.97 Å². The Balaban J connectivity index is 0.00000187. The van der Waals surface area contributed by atoms with Crippen LogP contribution in [0.3, 0.4) is 0 Å². The number of carbonyl (C=O) groups is 1. The van der Waals surface area contributed by atoms with Crippen LogP contribution in [0, 0.1) is 0 Å². The third kappa shape index (κ3) is 7.86. The van der Waals surface area contributed by atoms with Crippen molar-refractivity contribution in [1.82, 2.24) is 0 Å². The first-order chi connectivity index (χ1) is 16.1. The lowest BCUT2D eigenvalue weighted by Gasteiger charge is -2.21. The number of benzene rings is 3. The molecule has 3 aromatic rings. The molecule has 0 heterocycles. The summed E-state index contributed by atoms with van der Waals surface area (Å²) in [6, 6.07) is 23.8. The molecule has 1 N–H and O–H groups in total. The van der Waals surface area contributed by atoms with E-state index in [0.717, 1.165) is 29.2 Å².